The molecule has 0 amide bonds. The Kier molecular flexibility index (Phi) is 5.26. The van der Waals surface area contributed by atoms with E-state index in [-0.39, 0.29) is 23.5 Å². The Balaban J connectivity index is 0.00000144. The molecule has 0 aromatic carbocycles. The van der Waals surface area contributed by atoms with Gasteiger partial charge in [0.25, 0.3) is 0 Å². The fourth-order valence-corrected chi connectivity index (χ4v) is 2.52. The second-order valence-corrected chi connectivity index (χ2v) is 6.30. The van der Waals surface area contributed by atoms with Crippen molar-refractivity contribution in [1.82, 2.24) is 5.32 Å². The summed E-state index contributed by atoms with van der Waals surface area (Å²) in [4.78, 5) is 0. The van der Waals surface area contributed by atoms with E-state index >= 15 is 0 Å². The normalized spacial score (nSPS) is 34.1. The van der Waals surface area contributed by atoms with Crippen LogP contribution in [-0.4, -0.2) is 32.1 Å². The molecule has 1 atom stereocenters. The molecule has 0 spiro atoms. The molecule has 1 N–H and O–H groups in total. The van der Waals surface area contributed by atoms with Gasteiger partial charge in [-0.3, -0.25) is 5.32 Å². The van der Waals surface area contributed by atoms with E-state index in [0.717, 1.165) is 38.7 Å². The lowest BCUT2D eigenvalue weighted by Gasteiger charge is -2.44. The van der Waals surface area contributed by atoms with E-state index < -0.39 is 0 Å². The van der Waals surface area contributed by atoms with Crippen LogP contribution >= 0.6 is 12.4 Å². The van der Waals surface area contributed by atoms with Gasteiger partial charge in [0.2, 0.25) is 0 Å². The highest BCUT2D eigenvalue weighted by molar-refractivity contribution is 5.85. The van der Waals surface area contributed by atoms with E-state index in [1.165, 1.54) is 12.8 Å². The fraction of sp³-hybridized carbons (Fsp3) is 1.00. The van der Waals surface area contributed by atoms with Gasteiger partial charge < -0.3 is 9.47 Å². The number of hydrogen-bond acceptors (Lipinski definition) is 3. The van der Waals surface area contributed by atoms with Crippen LogP contribution in [0, 0.1) is 11.3 Å². The summed E-state index contributed by atoms with van der Waals surface area (Å²) in [7, 11) is 0. The number of rotatable bonds is 2. The zero-order valence-corrected chi connectivity index (χ0v) is 12.1. The lowest BCUT2D eigenvalue weighted by Crippen LogP contribution is -2.56. The summed E-state index contributed by atoms with van der Waals surface area (Å²) in [5, 5.41) is 3.57. The van der Waals surface area contributed by atoms with E-state index in [1.807, 2.05) is 0 Å². The lowest BCUT2D eigenvalue weighted by molar-refractivity contribution is -0.140. The lowest BCUT2D eigenvalue weighted by atomic mass is 9.87. The Hall–Kier alpha value is 0.170. The molecule has 102 valence electrons. The zero-order valence-electron chi connectivity index (χ0n) is 11.3. The highest BCUT2D eigenvalue weighted by atomic mass is 35.5. The first-order valence-electron chi connectivity index (χ1n) is 6.46. The van der Waals surface area contributed by atoms with E-state index in [9.17, 15) is 0 Å². The zero-order chi connectivity index (χ0) is 11.6. The molecule has 0 aliphatic carbocycles. The molecule has 2 aliphatic heterocycles. The minimum atomic E-state index is -0.114. The molecular formula is C13H26ClNO2. The van der Waals surface area contributed by atoms with Crippen molar-refractivity contribution in [3.8, 4) is 0 Å². The summed E-state index contributed by atoms with van der Waals surface area (Å²) in [6.07, 6.45) is 3.49. The van der Waals surface area contributed by atoms with Crippen LogP contribution in [0.1, 0.15) is 40.0 Å². The highest BCUT2D eigenvalue weighted by Gasteiger charge is 2.37. The number of hydrogen-bond donors (Lipinski definition) is 1. The van der Waals surface area contributed by atoms with Crippen molar-refractivity contribution in [3.63, 3.8) is 0 Å². The van der Waals surface area contributed by atoms with Gasteiger partial charge >= 0.3 is 0 Å². The minimum absolute atomic E-state index is 0. The summed E-state index contributed by atoms with van der Waals surface area (Å²) in [6.45, 7) is 10.4. The highest BCUT2D eigenvalue weighted by Crippen LogP contribution is 2.31. The third kappa shape index (κ3) is 4.40. The van der Waals surface area contributed by atoms with Crippen molar-refractivity contribution in [3.05, 3.63) is 0 Å². The van der Waals surface area contributed by atoms with Gasteiger partial charge in [-0.25, -0.2) is 0 Å². The van der Waals surface area contributed by atoms with Crippen molar-refractivity contribution in [2.75, 3.05) is 26.4 Å². The SMILES string of the molecule is CC1(C)CNC(C)(CC2CCOCC2)OC1.Cl. The van der Waals surface area contributed by atoms with E-state index in [4.69, 9.17) is 9.47 Å². The molecule has 0 bridgehead atoms. The third-order valence-electron chi connectivity index (χ3n) is 3.74. The van der Waals surface area contributed by atoms with Crippen LogP contribution in [0.15, 0.2) is 0 Å². The minimum Gasteiger partial charge on any atom is -0.381 e. The fourth-order valence-electron chi connectivity index (χ4n) is 2.52. The molecule has 4 heteroatoms. The van der Waals surface area contributed by atoms with Crippen LogP contribution in [0.4, 0.5) is 0 Å². The van der Waals surface area contributed by atoms with Gasteiger partial charge in [-0.2, -0.15) is 0 Å². The topological polar surface area (TPSA) is 30.5 Å². The number of halogens is 1. The third-order valence-corrected chi connectivity index (χ3v) is 3.74. The second kappa shape index (κ2) is 5.87. The quantitative estimate of drug-likeness (QED) is 0.831. The molecule has 1 unspecified atom stereocenters. The van der Waals surface area contributed by atoms with Crippen molar-refractivity contribution in [2.45, 2.75) is 45.8 Å². The van der Waals surface area contributed by atoms with E-state index in [0.29, 0.717) is 0 Å². The molecule has 3 nitrogen and oxygen atoms in total. The van der Waals surface area contributed by atoms with Gasteiger partial charge in [-0.1, -0.05) is 13.8 Å². The molecule has 2 aliphatic rings. The predicted octanol–water partition coefficient (Wildman–Crippen LogP) is 2.59. The Morgan fingerprint density at radius 2 is 1.82 bits per heavy atom. The Labute approximate surface area is 111 Å². The molecule has 2 saturated heterocycles. The van der Waals surface area contributed by atoms with Crippen LogP contribution in [0.5, 0.6) is 0 Å². The maximum Gasteiger partial charge on any atom is 0.116 e. The summed E-state index contributed by atoms with van der Waals surface area (Å²) < 4.78 is 11.4. The number of ether oxygens (including phenoxy) is 2. The summed E-state index contributed by atoms with van der Waals surface area (Å²) in [6, 6.07) is 0. The number of nitrogens with one attached hydrogen (secondary N) is 1. The monoisotopic (exact) mass is 263 g/mol. The van der Waals surface area contributed by atoms with E-state index in [1.54, 1.807) is 0 Å². The summed E-state index contributed by atoms with van der Waals surface area (Å²) in [5.74, 6) is 0.757. The Bertz CT molecular complexity index is 230. The largest absolute Gasteiger partial charge is 0.381 e. The Morgan fingerprint density at radius 3 is 2.35 bits per heavy atom. The Morgan fingerprint density at radius 1 is 1.18 bits per heavy atom. The van der Waals surface area contributed by atoms with Crippen LogP contribution in [0.2, 0.25) is 0 Å². The van der Waals surface area contributed by atoms with Crippen LogP contribution < -0.4 is 5.32 Å². The first-order chi connectivity index (χ1) is 7.49. The molecule has 0 aromatic rings. The van der Waals surface area contributed by atoms with Gasteiger partial charge in [0, 0.05) is 25.2 Å². The van der Waals surface area contributed by atoms with Gasteiger partial charge in [0.1, 0.15) is 5.72 Å². The molecule has 2 heterocycles. The van der Waals surface area contributed by atoms with Crippen molar-refractivity contribution < 1.29 is 9.47 Å². The van der Waals surface area contributed by atoms with Crippen molar-refractivity contribution in [2.24, 2.45) is 11.3 Å². The average Bonchev–Trinajstić information content (AvgIpc) is 2.25. The molecular weight excluding hydrogens is 238 g/mol. The maximum atomic E-state index is 6.03. The van der Waals surface area contributed by atoms with Crippen molar-refractivity contribution >= 4 is 12.4 Å². The summed E-state index contributed by atoms with van der Waals surface area (Å²) >= 11 is 0. The van der Waals surface area contributed by atoms with Gasteiger partial charge in [-0.05, 0) is 32.1 Å². The molecule has 0 radical (unpaired) electrons. The van der Waals surface area contributed by atoms with Crippen LogP contribution in [-0.2, 0) is 9.47 Å². The van der Waals surface area contributed by atoms with Crippen LogP contribution in [0.25, 0.3) is 0 Å². The molecule has 0 saturated carbocycles. The second-order valence-electron chi connectivity index (χ2n) is 6.30. The maximum absolute atomic E-state index is 6.03. The van der Waals surface area contributed by atoms with Crippen LogP contribution in [0.3, 0.4) is 0 Å². The molecule has 0 aromatic heterocycles. The van der Waals surface area contributed by atoms with Crippen molar-refractivity contribution in [1.29, 1.82) is 0 Å². The standard InChI is InChI=1S/C13H25NO2.ClH/c1-12(2)9-14-13(3,16-10-12)8-11-4-6-15-7-5-11;/h11,14H,4-10H2,1-3H3;1H. The average molecular weight is 264 g/mol. The molecule has 2 fully saturated rings. The van der Waals surface area contributed by atoms with Gasteiger partial charge in [0.15, 0.2) is 0 Å². The first-order valence-corrected chi connectivity index (χ1v) is 6.46. The van der Waals surface area contributed by atoms with E-state index in [2.05, 4.69) is 26.1 Å². The molecule has 17 heavy (non-hydrogen) atoms. The summed E-state index contributed by atoms with van der Waals surface area (Å²) in [5.41, 5.74) is 0.159. The first kappa shape index (κ1) is 15.2. The molecule has 2 rings (SSSR count). The van der Waals surface area contributed by atoms with Gasteiger partial charge in [0.05, 0.1) is 6.61 Å². The predicted molar refractivity (Wildman–Crippen MR) is 71.5 cm³/mol. The van der Waals surface area contributed by atoms with Gasteiger partial charge in [-0.15, -0.1) is 12.4 Å². The smallest absolute Gasteiger partial charge is 0.116 e.